The Labute approximate surface area is 108 Å². The lowest BCUT2D eigenvalue weighted by atomic mass is 9.91. The van der Waals surface area contributed by atoms with Gasteiger partial charge >= 0.3 is 0 Å². The summed E-state index contributed by atoms with van der Waals surface area (Å²) in [6.45, 7) is 10.1. The highest BCUT2D eigenvalue weighted by Gasteiger charge is 2.16. The zero-order chi connectivity index (χ0) is 12.5. The van der Waals surface area contributed by atoms with Crippen LogP contribution >= 0.6 is 0 Å². The minimum absolute atomic E-state index is 0.578. The predicted octanol–water partition coefficient (Wildman–Crippen LogP) is 3.61. The maximum atomic E-state index is 5.68. The molecule has 0 spiro atoms. The van der Waals surface area contributed by atoms with Crippen molar-refractivity contribution in [3.8, 4) is 0 Å². The topological polar surface area (TPSA) is 21.3 Å². The van der Waals surface area contributed by atoms with Crippen LogP contribution in [0, 0.1) is 11.8 Å². The summed E-state index contributed by atoms with van der Waals surface area (Å²) in [5.41, 5.74) is 0. The van der Waals surface area contributed by atoms with E-state index in [1.54, 1.807) is 0 Å². The third-order valence-corrected chi connectivity index (χ3v) is 3.65. The van der Waals surface area contributed by atoms with Crippen LogP contribution in [0.25, 0.3) is 0 Å². The normalized spacial score (nSPS) is 22.2. The monoisotopic (exact) mass is 241 g/mol. The lowest BCUT2D eigenvalue weighted by molar-refractivity contribution is 0.100. The molecule has 0 bridgehead atoms. The van der Waals surface area contributed by atoms with Crippen molar-refractivity contribution in [3.63, 3.8) is 0 Å². The standard InChI is InChI=1S/C15H31NO/c1-4-16-12-14(11-13(2)3)7-5-8-15-9-6-10-17-15/h13-16H,4-12H2,1-3H3. The zero-order valence-corrected chi connectivity index (χ0v) is 12.0. The minimum Gasteiger partial charge on any atom is -0.378 e. The molecular weight excluding hydrogens is 210 g/mol. The van der Waals surface area contributed by atoms with Crippen LogP contribution in [0.3, 0.4) is 0 Å². The predicted molar refractivity (Wildman–Crippen MR) is 74.3 cm³/mol. The molecule has 2 nitrogen and oxygen atoms in total. The Morgan fingerprint density at radius 1 is 1.35 bits per heavy atom. The van der Waals surface area contributed by atoms with E-state index in [1.807, 2.05) is 0 Å². The first kappa shape index (κ1) is 15.0. The van der Waals surface area contributed by atoms with E-state index in [9.17, 15) is 0 Å². The second-order valence-electron chi connectivity index (χ2n) is 5.87. The first-order chi connectivity index (χ1) is 8.22. The summed E-state index contributed by atoms with van der Waals surface area (Å²) in [6.07, 6.45) is 8.49. The lowest BCUT2D eigenvalue weighted by Gasteiger charge is -2.20. The summed E-state index contributed by atoms with van der Waals surface area (Å²) in [4.78, 5) is 0. The van der Waals surface area contributed by atoms with E-state index >= 15 is 0 Å². The summed E-state index contributed by atoms with van der Waals surface area (Å²) in [5.74, 6) is 1.68. The molecule has 0 aromatic rings. The summed E-state index contributed by atoms with van der Waals surface area (Å²) >= 11 is 0. The fraction of sp³-hybridized carbons (Fsp3) is 1.00. The Balaban J connectivity index is 2.12. The zero-order valence-electron chi connectivity index (χ0n) is 12.0. The van der Waals surface area contributed by atoms with Gasteiger partial charge in [-0.1, -0.05) is 27.2 Å². The highest BCUT2D eigenvalue weighted by molar-refractivity contribution is 4.69. The van der Waals surface area contributed by atoms with Crippen LogP contribution in [0.4, 0.5) is 0 Å². The molecule has 2 heteroatoms. The largest absolute Gasteiger partial charge is 0.378 e. The Morgan fingerprint density at radius 3 is 2.76 bits per heavy atom. The lowest BCUT2D eigenvalue weighted by Crippen LogP contribution is -2.24. The molecular formula is C15H31NO. The van der Waals surface area contributed by atoms with Crippen molar-refractivity contribution in [2.75, 3.05) is 19.7 Å². The molecule has 2 unspecified atom stereocenters. The smallest absolute Gasteiger partial charge is 0.0576 e. The molecule has 1 aliphatic rings. The maximum Gasteiger partial charge on any atom is 0.0576 e. The van der Waals surface area contributed by atoms with Crippen LogP contribution in [0.15, 0.2) is 0 Å². The van der Waals surface area contributed by atoms with Gasteiger partial charge in [0.25, 0.3) is 0 Å². The molecule has 0 saturated carbocycles. The number of rotatable bonds is 9. The van der Waals surface area contributed by atoms with Gasteiger partial charge in [-0.25, -0.2) is 0 Å². The number of hydrogen-bond acceptors (Lipinski definition) is 2. The van der Waals surface area contributed by atoms with E-state index in [0.717, 1.165) is 25.0 Å². The van der Waals surface area contributed by atoms with Crippen molar-refractivity contribution in [1.29, 1.82) is 0 Å². The quantitative estimate of drug-likeness (QED) is 0.666. The fourth-order valence-corrected chi connectivity index (χ4v) is 2.82. The first-order valence-electron chi connectivity index (χ1n) is 7.54. The Bertz CT molecular complexity index is 176. The van der Waals surface area contributed by atoms with Crippen molar-refractivity contribution >= 4 is 0 Å². The Hall–Kier alpha value is -0.0800. The van der Waals surface area contributed by atoms with Crippen molar-refractivity contribution in [3.05, 3.63) is 0 Å². The van der Waals surface area contributed by atoms with Gasteiger partial charge in [-0.3, -0.25) is 0 Å². The molecule has 1 N–H and O–H groups in total. The second-order valence-corrected chi connectivity index (χ2v) is 5.87. The highest BCUT2D eigenvalue weighted by Crippen LogP contribution is 2.22. The molecule has 1 rings (SSSR count). The number of nitrogens with one attached hydrogen (secondary N) is 1. The van der Waals surface area contributed by atoms with Gasteiger partial charge in [-0.05, 0) is 57.0 Å². The van der Waals surface area contributed by atoms with E-state index in [-0.39, 0.29) is 0 Å². The van der Waals surface area contributed by atoms with E-state index in [4.69, 9.17) is 4.74 Å². The molecule has 0 amide bonds. The van der Waals surface area contributed by atoms with Crippen LogP contribution in [-0.4, -0.2) is 25.8 Å². The van der Waals surface area contributed by atoms with Gasteiger partial charge in [0.1, 0.15) is 0 Å². The second kappa shape index (κ2) is 8.93. The molecule has 0 aliphatic carbocycles. The van der Waals surface area contributed by atoms with Gasteiger partial charge < -0.3 is 10.1 Å². The fourth-order valence-electron chi connectivity index (χ4n) is 2.82. The van der Waals surface area contributed by atoms with E-state index < -0.39 is 0 Å². The molecule has 0 aromatic carbocycles. The van der Waals surface area contributed by atoms with Gasteiger partial charge in [0.15, 0.2) is 0 Å². The highest BCUT2D eigenvalue weighted by atomic mass is 16.5. The minimum atomic E-state index is 0.578. The average molecular weight is 241 g/mol. The van der Waals surface area contributed by atoms with Crippen LogP contribution in [0.2, 0.25) is 0 Å². The van der Waals surface area contributed by atoms with Crippen LogP contribution in [0.1, 0.15) is 59.3 Å². The van der Waals surface area contributed by atoms with Gasteiger partial charge in [0.2, 0.25) is 0 Å². The van der Waals surface area contributed by atoms with E-state index in [0.29, 0.717) is 6.10 Å². The van der Waals surface area contributed by atoms with Crippen molar-refractivity contribution in [2.45, 2.75) is 65.4 Å². The molecule has 1 heterocycles. The maximum absolute atomic E-state index is 5.68. The van der Waals surface area contributed by atoms with Gasteiger partial charge in [0, 0.05) is 6.61 Å². The molecule has 17 heavy (non-hydrogen) atoms. The molecule has 1 aliphatic heterocycles. The molecule has 0 radical (unpaired) electrons. The van der Waals surface area contributed by atoms with Crippen molar-refractivity contribution in [1.82, 2.24) is 5.32 Å². The summed E-state index contributed by atoms with van der Waals surface area (Å²) in [7, 11) is 0. The van der Waals surface area contributed by atoms with Gasteiger partial charge in [0.05, 0.1) is 6.10 Å². The summed E-state index contributed by atoms with van der Waals surface area (Å²) < 4.78 is 5.68. The Morgan fingerprint density at radius 2 is 2.18 bits per heavy atom. The number of ether oxygens (including phenoxy) is 1. The van der Waals surface area contributed by atoms with Crippen LogP contribution in [0.5, 0.6) is 0 Å². The van der Waals surface area contributed by atoms with Crippen LogP contribution < -0.4 is 5.32 Å². The third-order valence-electron chi connectivity index (χ3n) is 3.65. The van der Waals surface area contributed by atoms with E-state index in [2.05, 4.69) is 26.1 Å². The molecule has 1 saturated heterocycles. The summed E-state index contributed by atoms with van der Waals surface area (Å²) in [5, 5.41) is 3.50. The van der Waals surface area contributed by atoms with Crippen LogP contribution in [-0.2, 0) is 4.74 Å². The molecule has 1 fully saturated rings. The molecule has 102 valence electrons. The van der Waals surface area contributed by atoms with Crippen molar-refractivity contribution in [2.24, 2.45) is 11.8 Å². The van der Waals surface area contributed by atoms with Gasteiger partial charge in [-0.15, -0.1) is 0 Å². The Kier molecular flexibility index (Phi) is 7.87. The van der Waals surface area contributed by atoms with Crippen molar-refractivity contribution < 1.29 is 4.74 Å². The van der Waals surface area contributed by atoms with E-state index in [1.165, 1.54) is 45.1 Å². The number of hydrogen-bond donors (Lipinski definition) is 1. The molecule has 2 atom stereocenters. The summed E-state index contributed by atoms with van der Waals surface area (Å²) in [6, 6.07) is 0. The average Bonchev–Trinajstić information content (AvgIpc) is 2.78. The SMILES string of the molecule is CCNCC(CCCC1CCCO1)CC(C)C. The first-order valence-corrected chi connectivity index (χ1v) is 7.54. The van der Waals surface area contributed by atoms with Gasteiger partial charge in [-0.2, -0.15) is 0 Å². The molecule has 0 aromatic heterocycles. The third kappa shape index (κ3) is 7.05.